The molecule has 1 aliphatic carbocycles. The van der Waals surface area contributed by atoms with Gasteiger partial charge in [-0.25, -0.2) is 9.59 Å². The molecule has 0 bridgehead atoms. The summed E-state index contributed by atoms with van der Waals surface area (Å²) in [6, 6.07) is 14.1. The number of carbonyl (C=O) groups is 4. The number of ether oxygens (including phenoxy) is 2. The highest BCUT2D eigenvalue weighted by Gasteiger charge is 2.30. The molecule has 44 heavy (non-hydrogen) atoms. The summed E-state index contributed by atoms with van der Waals surface area (Å²) >= 11 is 0. The monoisotopic (exact) mass is 605 g/mol. The lowest BCUT2D eigenvalue weighted by Crippen LogP contribution is -2.45. The Hall–Kier alpha value is -4.44. The van der Waals surface area contributed by atoms with Crippen molar-refractivity contribution >= 4 is 23.9 Å². The van der Waals surface area contributed by atoms with Crippen molar-refractivity contribution < 1.29 is 33.8 Å². The summed E-state index contributed by atoms with van der Waals surface area (Å²) in [4.78, 5) is 50.8. The van der Waals surface area contributed by atoms with Crippen LogP contribution in [0.2, 0.25) is 0 Å². The van der Waals surface area contributed by atoms with E-state index in [1.807, 2.05) is 36.4 Å². The van der Waals surface area contributed by atoms with E-state index in [0.717, 1.165) is 22.3 Å². The number of hydrogen-bond acceptors (Lipinski definition) is 7. The van der Waals surface area contributed by atoms with E-state index in [1.54, 1.807) is 26.0 Å². The molecule has 0 heterocycles. The second kappa shape index (κ2) is 17.0. The fourth-order valence-corrected chi connectivity index (χ4v) is 5.11. The summed E-state index contributed by atoms with van der Waals surface area (Å²) < 4.78 is 11.0. The summed E-state index contributed by atoms with van der Waals surface area (Å²) in [7, 11) is 0. The molecule has 4 unspecified atom stereocenters. The van der Waals surface area contributed by atoms with Gasteiger partial charge < -0.3 is 30.5 Å². The number of nitrogens with one attached hydrogen (secondary N) is 3. The molecule has 10 nitrogen and oxygen atoms in total. The lowest BCUT2D eigenvalue weighted by molar-refractivity contribution is -0.147. The number of esters is 1. The minimum absolute atomic E-state index is 0.0810. The zero-order chi connectivity index (χ0) is 32.1. The van der Waals surface area contributed by atoms with Gasteiger partial charge in [0.15, 0.2) is 0 Å². The van der Waals surface area contributed by atoms with Gasteiger partial charge in [-0.3, -0.25) is 9.59 Å². The van der Waals surface area contributed by atoms with Crippen molar-refractivity contribution in [3.8, 4) is 11.1 Å². The number of benzene rings is 2. The van der Waals surface area contributed by atoms with Gasteiger partial charge in [-0.15, -0.1) is 13.2 Å². The molecule has 0 saturated carbocycles. The van der Waals surface area contributed by atoms with Gasteiger partial charge in [-0.05, 0) is 55.4 Å². The van der Waals surface area contributed by atoms with Crippen LogP contribution in [0, 0.1) is 5.92 Å². The number of carbonyl (C=O) groups excluding carboxylic acids is 4. The maximum absolute atomic E-state index is 12.9. The second-order valence-corrected chi connectivity index (χ2v) is 11.0. The lowest BCUT2D eigenvalue weighted by atomic mass is 9.98. The average molecular weight is 606 g/mol. The number of amides is 3. The summed E-state index contributed by atoms with van der Waals surface area (Å²) in [6.45, 7) is 10.4. The Labute approximate surface area is 258 Å². The highest BCUT2D eigenvalue weighted by atomic mass is 16.6. The molecule has 2 aromatic carbocycles. The number of aliphatic hydroxyl groups is 1. The average Bonchev–Trinajstić information content (AvgIpc) is 3.34. The molecule has 236 valence electrons. The first-order valence-electron chi connectivity index (χ1n) is 14.9. The third kappa shape index (κ3) is 9.54. The van der Waals surface area contributed by atoms with Gasteiger partial charge in [0.2, 0.25) is 11.8 Å². The fraction of sp³-hybridized carbons (Fsp3) is 0.412. The molecule has 2 aromatic rings. The SMILES string of the molecule is C=CCCC(NC(=O)OCC1c2ccccc2-c2ccccc21)C(=O)OCC(C)NC(=O)C(CC=C)CC(=O)NC(C)CO. The minimum Gasteiger partial charge on any atom is -0.462 e. The fourth-order valence-electron chi connectivity index (χ4n) is 5.11. The normalized spacial score (nSPS) is 14.5. The number of allylic oxidation sites excluding steroid dienone is 2. The summed E-state index contributed by atoms with van der Waals surface area (Å²) in [6.07, 6.45) is 3.36. The number of aliphatic hydroxyl groups excluding tert-OH is 1. The Morgan fingerprint density at radius 1 is 0.886 bits per heavy atom. The standard InChI is InChI=1S/C34H43N3O7/c1-5-7-17-30(33(41)43-20-23(4)36-32(40)24(12-6-2)18-31(39)35-22(3)19-38)37-34(42)44-21-29-27-15-10-8-13-25(27)26-14-9-11-16-28(26)29/h5-6,8-11,13-16,22-24,29-30,38H,1-2,7,12,17-21H2,3-4H3,(H,35,39)(H,36,40)(H,37,42). The Morgan fingerprint density at radius 2 is 1.52 bits per heavy atom. The molecule has 4 atom stereocenters. The van der Waals surface area contributed by atoms with Crippen molar-refractivity contribution in [1.29, 1.82) is 0 Å². The molecule has 10 heteroatoms. The van der Waals surface area contributed by atoms with Crippen LogP contribution < -0.4 is 16.0 Å². The largest absolute Gasteiger partial charge is 0.462 e. The molecule has 3 rings (SSSR count). The smallest absolute Gasteiger partial charge is 0.407 e. The molecule has 0 aliphatic heterocycles. The van der Waals surface area contributed by atoms with Crippen molar-refractivity contribution in [3.63, 3.8) is 0 Å². The van der Waals surface area contributed by atoms with Gasteiger partial charge in [0.1, 0.15) is 19.3 Å². The molecule has 1 aliphatic rings. The van der Waals surface area contributed by atoms with Crippen molar-refractivity contribution in [2.45, 2.75) is 63.6 Å². The van der Waals surface area contributed by atoms with Crippen LogP contribution >= 0.6 is 0 Å². The van der Waals surface area contributed by atoms with Crippen molar-refractivity contribution in [2.24, 2.45) is 5.92 Å². The van der Waals surface area contributed by atoms with Crippen LogP contribution in [0.1, 0.15) is 56.6 Å². The Kier molecular flexibility index (Phi) is 13.2. The van der Waals surface area contributed by atoms with Gasteiger partial charge in [-0.1, -0.05) is 60.7 Å². The number of fused-ring (bicyclic) bond motifs is 3. The van der Waals surface area contributed by atoms with E-state index in [-0.39, 0.29) is 56.8 Å². The van der Waals surface area contributed by atoms with Crippen LogP contribution in [0.4, 0.5) is 4.79 Å². The molecule has 0 fully saturated rings. The van der Waals surface area contributed by atoms with Crippen LogP contribution in [0.3, 0.4) is 0 Å². The topological polar surface area (TPSA) is 143 Å². The van der Waals surface area contributed by atoms with Crippen LogP contribution in [-0.4, -0.2) is 66.9 Å². The number of alkyl carbamates (subject to hydrolysis) is 1. The van der Waals surface area contributed by atoms with E-state index in [2.05, 4.69) is 41.2 Å². The molecule has 3 amide bonds. The number of rotatable bonds is 17. The quantitative estimate of drug-likeness (QED) is 0.158. The third-order valence-electron chi connectivity index (χ3n) is 7.38. The highest BCUT2D eigenvalue weighted by Crippen LogP contribution is 2.44. The van der Waals surface area contributed by atoms with E-state index in [1.165, 1.54) is 0 Å². The first-order chi connectivity index (χ1) is 21.2. The Morgan fingerprint density at radius 3 is 2.11 bits per heavy atom. The van der Waals surface area contributed by atoms with E-state index < -0.39 is 36.1 Å². The summed E-state index contributed by atoms with van der Waals surface area (Å²) in [5.41, 5.74) is 4.38. The maximum atomic E-state index is 12.9. The molecular weight excluding hydrogens is 562 g/mol. The molecule has 4 N–H and O–H groups in total. The van der Waals surface area contributed by atoms with Crippen LogP contribution in [-0.2, 0) is 23.9 Å². The first kappa shape index (κ1) is 34.1. The predicted octanol–water partition coefficient (Wildman–Crippen LogP) is 3.99. The Balaban J connectivity index is 1.52. The van der Waals surface area contributed by atoms with Crippen LogP contribution in [0.25, 0.3) is 11.1 Å². The van der Waals surface area contributed by atoms with Gasteiger partial charge in [0.25, 0.3) is 0 Å². The van der Waals surface area contributed by atoms with Gasteiger partial charge in [-0.2, -0.15) is 0 Å². The van der Waals surface area contributed by atoms with Crippen LogP contribution in [0.5, 0.6) is 0 Å². The molecule has 0 aromatic heterocycles. The van der Waals surface area contributed by atoms with E-state index >= 15 is 0 Å². The first-order valence-corrected chi connectivity index (χ1v) is 14.9. The highest BCUT2D eigenvalue weighted by molar-refractivity contribution is 5.86. The zero-order valence-corrected chi connectivity index (χ0v) is 25.4. The summed E-state index contributed by atoms with van der Waals surface area (Å²) in [5.74, 6) is -2.21. The van der Waals surface area contributed by atoms with Crippen molar-refractivity contribution in [2.75, 3.05) is 19.8 Å². The van der Waals surface area contributed by atoms with E-state index in [0.29, 0.717) is 6.42 Å². The van der Waals surface area contributed by atoms with E-state index in [9.17, 15) is 19.2 Å². The van der Waals surface area contributed by atoms with Crippen molar-refractivity contribution in [1.82, 2.24) is 16.0 Å². The van der Waals surface area contributed by atoms with Crippen LogP contribution in [0.15, 0.2) is 73.8 Å². The Bertz CT molecular complexity index is 1280. The summed E-state index contributed by atoms with van der Waals surface area (Å²) in [5, 5.41) is 17.1. The van der Waals surface area contributed by atoms with Gasteiger partial charge in [0.05, 0.1) is 18.6 Å². The molecule has 0 saturated heterocycles. The lowest BCUT2D eigenvalue weighted by Gasteiger charge is -2.22. The zero-order valence-electron chi connectivity index (χ0n) is 25.4. The second-order valence-electron chi connectivity index (χ2n) is 11.0. The van der Waals surface area contributed by atoms with Crippen molar-refractivity contribution in [3.05, 3.63) is 85.0 Å². The van der Waals surface area contributed by atoms with E-state index in [4.69, 9.17) is 14.6 Å². The third-order valence-corrected chi connectivity index (χ3v) is 7.38. The van der Waals surface area contributed by atoms with Gasteiger partial charge in [0, 0.05) is 18.4 Å². The minimum atomic E-state index is -0.975. The molecular formula is C34H43N3O7. The number of hydrogen-bond donors (Lipinski definition) is 4. The molecule has 0 radical (unpaired) electrons. The van der Waals surface area contributed by atoms with Gasteiger partial charge >= 0.3 is 12.1 Å². The predicted molar refractivity (Wildman–Crippen MR) is 168 cm³/mol. The molecule has 0 spiro atoms. The maximum Gasteiger partial charge on any atom is 0.407 e.